The molecule has 8 heteroatoms. The number of aromatic amines is 1. The van der Waals surface area contributed by atoms with Crippen molar-refractivity contribution < 1.29 is 9.59 Å². The molecular formula is C17H16N4O2S2. The highest BCUT2D eigenvalue weighted by Crippen LogP contribution is 2.26. The highest BCUT2D eigenvalue weighted by molar-refractivity contribution is 7.99. The van der Waals surface area contributed by atoms with Crippen molar-refractivity contribution in [2.45, 2.75) is 11.3 Å². The lowest BCUT2D eigenvalue weighted by molar-refractivity contribution is -0.115. The summed E-state index contributed by atoms with van der Waals surface area (Å²) in [5, 5.41) is 5.16. The molecule has 0 bridgehead atoms. The van der Waals surface area contributed by atoms with Crippen LogP contribution in [0.25, 0.3) is 11.3 Å². The number of primary amides is 1. The molecule has 4 N–H and O–H groups in total. The average Bonchev–Trinajstić information content (AvgIpc) is 3.25. The fourth-order valence-corrected chi connectivity index (χ4v) is 3.72. The van der Waals surface area contributed by atoms with E-state index in [1.165, 1.54) is 11.3 Å². The number of H-pyrrole nitrogens is 1. The highest BCUT2D eigenvalue weighted by Gasteiger charge is 2.11. The Bertz CT molecular complexity index is 874. The summed E-state index contributed by atoms with van der Waals surface area (Å²) >= 11 is 2.98. The number of hydrogen-bond donors (Lipinski definition) is 3. The first-order valence-corrected chi connectivity index (χ1v) is 9.40. The fourth-order valence-electron chi connectivity index (χ4n) is 2.11. The van der Waals surface area contributed by atoms with Crippen LogP contribution in [0.15, 0.2) is 52.9 Å². The molecule has 0 saturated carbocycles. The molecule has 1 aromatic carbocycles. The number of aromatic nitrogens is 2. The lowest BCUT2D eigenvalue weighted by Crippen LogP contribution is -2.11. The van der Waals surface area contributed by atoms with Crippen molar-refractivity contribution in [3.63, 3.8) is 0 Å². The number of hydrogen-bond acceptors (Lipinski definition) is 5. The molecule has 3 rings (SSSR count). The van der Waals surface area contributed by atoms with Gasteiger partial charge in [0, 0.05) is 34.2 Å². The molecular weight excluding hydrogens is 356 g/mol. The van der Waals surface area contributed by atoms with Crippen molar-refractivity contribution in [2.75, 3.05) is 11.1 Å². The Kier molecular flexibility index (Phi) is 5.52. The second-order valence-corrected chi connectivity index (χ2v) is 7.19. The maximum Gasteiger partial charge on any atom is 0.265 e. The molecule has 0 spiro atoms. The topological polar surface area (TPSA) is 101 Å². The summed E-state index contributed by atoms with van der Waals surface area (Å²) in [6.07, 6.45) is 2.07. The van der Waals surface area contributed by atoms with Gasteiger partial charge >= 0.3 is 0 Å². The number of thioether (sulfide) groups is 1. The van der Waals surface area contributed by atoms with E-state index in [1.807, 2.05) is 35.7 Å². The molecule has 128 valence electrons. The Hall–Kier alpha value is -2.58. The van der Waals surface area contributed by atoms with Gasteiger partial charge < -0.3 is 16.0 Å². The number of anilines is 1. The predicted molar refractivity (Wildman–Crippen MR) is 101 cm³/mol. The monoisotopic (exact) mass is 372 g/mol. The number of nitrogens with zero attached hydrogens (tertiary/aromatic N) is 1. The van der Waals surface area contributed by atoms with Crippen LogP contribution in [-0.4, -0.2) is 27.5 Å². The summed E-state index contributed by atoms with van der Waals surface area (Å²) < 4.78 is 0. The van der Waals surface area contributed by atoms with Crippen molar-refractivity contribution in [2.24, 2.45) is 5.73 Å². The van der Waals surface area contributed by atoms with E-state index in [2.05, 4.69) is 15.3 Å². The van der Waals surface area contributed by atoms with E-state index < -0.39 is 5.91 Å². The van der Waals surface area contributed by atoms with Crippen molar-refractivity contribution >= 4 is 40.0 Å². The van der Waals surface area contributed by atoms with Crippen LogP contribution >= 0.6 is 23.1 Å². The van der Waals surface area contributed by atoms with Crippen LogP contribution in [-0.2, 0) is 4.79 Å². The van der Waals surface area contributed by atoms with E-state index >= 15 is 0 Å². The van der Waals surface area contributed by atoms with Gasteiger partial charge in [-0.05, 0) is 18.2 Å². The standard InChI is InChI=1S/C17H16N4O2S2/c18-16(23)13-8-11(9-19-13)14-10-25-17(20-14)21-15(22)6-7-24-12-4-2-1-3-5-12/h1-5,8-10,19H,6-7H2,(H2,18,23)(H,20,21,22). The summed E-state index contributed by atoms with van der Waals surface area (Å²) in [6, 6.07) is 11.6. The van der Waals surface area contributed by atoms with Gasteiger partial charge in [0.1, 0.15) is 5.69 Å². The van der Waals surface area contributed by atoms with E-state index in [1.54, 1.807) is 24.0 Å². The Morgan fingerprint density at radius 3 is 2.80 bits per heavy atom. The Balaban J connectivity index is 1.52. The first kappa shape index (κ1) is 17.2. The van der Waals surface area contributed by atoms with Crippen molar-refractivity contribution in [1.82, 2.24) is 9.97 Å². The lowest BCUT2D eigenvalue weighted by Gasteiger charge is -2.02. The zero-order valence-corrected chi connectivity index (χ0v) is 14.8. The molecule has 6 nitrogen and oxygen atoms in total. The lowest BCUT2D eigenvalue weighted by atomic mass is 10.2. The van der Waals surface area contributed by atoms with Gasteiger partial charge in [0.15, 0.2) is 5.13 Å². The van der Waals surface area contributed by atoms with Gasteiger partial charge in [-0.15, -0.1) is 23.1 Å². The SMILES string of the molecule is NC(=O)c1cc(-c2csc(NC(=O)CCSc3ccccc3)n2)c[nH]1. The molecule has 0 aliphatic carbocycles. The Labute approximate surface area is 152 Å². The molecule has 0 aliphatic rings. The molecule has 2 aromatic heterocycles. The highest BCUT2D eigenvalue weighted by atomic mass is 32.2. The maximum atomic E-state index is 12.0. The van der Waals surface area contributed by atoms with Gasteiger partial charge in [0.2, 0.25) is 5.91 Å². The minimum Gasteiger partial charge on any atom is -0.364 e. The molecule has 2 heterocycles. The summed E-state index contributed by atoms with van der Waals surface area (Å²) in [5.41, 5.74) is 6.98. The molecule has 25 heavy (non-hydrogen) atoms. The van der Waals surface area contributed by atoms with Gasteiger partial charge in [-0.3, -0.25) is 9.59 Å². The molecule has 0 radical (unpaired) electrons. The second-order valence-electron chi connectivity index (χ2n) is 5.16. The summed E-state index contributed by atoms with van der Waals surface area (Å²) in [7, 11) is 0. The van der Waals surface area contributed by atoms with Crippen LogP contribution in [0.2, 0.25) is 0 Å². The molecule has 0 saturated heterocycles. The van der Waals surface area contributed by atoms with Gasteiger partial charge in [0.25, 0.3) is 5.91 Å². The number of thiazole rings is 1. The van der Waals surface area contributed by atoms with E-state index in [0.717, 1.165) is 10.5 Å². The summed E-state index contributed by atoms with van der Waals surface area (Å²) in [4.78, 5) is 31.4. The number of benzene rings is 1. The predicted octanol–water partition coefficient (Wildman–Crippen LogP) is 3.36. The minimum atomic E-state index is -0.522. The second kappa shape index (κ2) is 8.00. The number of carbonyl (C=O) groups excluding carboxylic acids is 2. The first-order chi connectivity index (χ1) is 12.1. The van der Waals surface area contributed by atoms with Crippen LogP contribution < -0.4 is 11.1 Å². The van der Waals surface area contributed by atoms with Crippen LogP contribution in [0.4, 0.5) is 5.13 Å². The smallest absolute Gasteiger partial charge is 0.265 e. The van der Waals surface area contributed by atoms with E-state index in [0.29, 0.717) is 28.7 Å². The van der Waals surface area contributed by atoms with Crippen LogP contribution in [0.3, 0.4) is 0 Å². The zero-order valence-electron chi connectivity index (χ0n) is 13.2. The Morgan fingerprint density at radius 1 is 1.28 bits per heavy atom. The third-order valence-corrected chi connectivity index (χ3v) is 5.11. The number of nitrogens with one attached hydrogen (secondary N) is 2. The Morgan fingerprint density at radius 2 is 2.08 bits per heavy atom. The molecule has 0 aliphatic heterocycles. The number of carbonyl (C=O) groups is 2. The van der Waals surface area contributed by atoms with Crippen LogP contribution in [0.1, 0.15) is 16.9 Å². The minimum absolute atomic E-state index is 0.0729. The normalized spacial score (nSPS) is 10.6. The third-order valence-electron chi connectivity index (χ3n) is 3.34. The third kappa shape index (κ3) is 4.71. The molecule has 3 aromatic rings. The summed E-state index contributed by atoms with van der Waals surface area (Å²) in [6.45, 7) is 0. The van der Waals surface area contributed by atoms with Crippen LogP contribution in [0, 0.1) is 0 Å². The maximum absolute atomic E-state index is 12.0. The molecule has 2 amide bonds. The van der Waals surface area contributed by atoms with Gasteiger partial charge in [-0.1, -0.05) is 18.2 Å². The number of amides is 2. The van der Waals surface area contributed by atoms with Gasteiger partial charge in [0.05, 0.1) is 5.69 Å². The van der Waals surface area contributed by atoms with Crippen LogP contribution in [0.5, 0.6) is 0 Å². The van der Waals surface area contributed by atoms with E-state index in [-0.39, 0.29) is 5.91 Å². The molecule has 0 unspecified atom stereocenters. The van der Waals surface area contributed by atoms with Gasteiger partial charge in [-0.25, -0.2) is 4.98 Å². The molecule has 0 fully saturated rings. The largest absolute Gasteiger partial charge is 0.364 e. The molecule has 0 atom stereocenters. The van der Waals surface area contributed by atoms with Crippen molar-refractivity contribution in [3.05, 3.63) is 53.7 Å². The fraction of sp³-hybridized carbons (Fsp3) is 0.118. The van der Waals surface area contributed by atoms with Crippen molar-refractivity contribution in [3.8, 4) is 11.3 Å². The van der Waals surface area contributed by atoms with Gasteiger partial charge in [-0.2, -0.15) is 0 Å². The quantitative estimate of drug-likeness (QED) is 0.554. The van der Waals surface area contributed by atoms with Crippen molar-refractivity contribution in [1.29, 1.82) is 0 Å². The van der Waals surface area contributed by atoms with E-state index in [9.17, 15) is 9.59 Å². The van der Waals surface area contributed by atoms with E-state index in [4.69, 9.17) is 5.73 Å². The average molecular weight is 372 g/mol. The summed E-state index contributed by atoms with van der Waals surface area (Å²) in [5.74, 6) is 0.107. The zero-order chi connectivity index (χ0) is 17.6. The first-order valence-electron chi connectivity index (χ1n) is 7.53. The number of nitrogens with two attached hydrogens (primary N) is 1. The number of rotatable bonds is 7.